The van der Waals surface area contributed by atoms with Crippen molar-refractivity contribution in [2.45, 2.75) is 19.9 Å². The van der Waals surface area contributed by atoms with Gasteiger partial charge in [-0.15, -0.1) is 0 Å². The number of hydrogen-bond acceptors (Lipinski definition) is 1. The standard InChI is InChI=1S/C15H15BrFN/c1-2-11-5-3-4-6-15(11)18-10-12-9-13(17)7-8-14(12)16/h3-9,18H,2,10H2,1H3. The highest BCUT2D eigenvalue weighted by molar-refractivity contribution is 9.10. The van der Waals surface area contributed by atoms with Crippen LogP contribution in [0.25, 0.3) is 0 Å². The van der Waals surface area contributed by atoms with Crippen LogP contribution in [0.3, 0.4) is 0 Å². The molecule has 2 rings (SSSR count). The molecule has 2 aromatic carbocycles. The van der Waals surface area contributed by atoms with Gasteiger partial charge >= 0.3 is 0 Å². The molecule has 1 N–H and O–H groups in total. The number of nitrogens with one attached hydrogen (secondary N) is 1. The summed E-state index contributed by atoms with van der Waals surface area (Å²) < 4.78 is 14.1. The van der Waals surface area contributed by atoms with E-state index < -0.39 is 0 Å². The van der Waals surface area contributed by atoms with Crippen LogP contribution < -0.4 is 5.32 Å². The SMILES string of the molecule is CCc1ccccc1NCc1cc(F)ccc1Br. The Morgan fingerprint density at radius 3 is 2.67 bits per heavy atom. The summed E-state index contributed by atoms with van der Waals surface area (Å²) in [5, 5.41) is 3.35. The van der Waals surface area contributed by atoms with Crippen molar-refractivity contribution in [3.05, 3.63) is 63.9 Å². The monoisotopic (exact) mass is 307 g/mol. The van der Waals surface area contributed by atoms with Gasteiger partial charge in [0.2, 0.25) is 0 Å². The molecule has 18 heavy (non-hydrogen) atoms. The molecule has 0 aliphatic rings. The van der Waals surface area contributed by atoms with Gasteiger partial charge in [0.15, 0.2) is 0 Å². The van der Waals surface area contributed by atoms with Crippen molar-refractivity contribution in [2.75, 3.05) is 5.32 Å². The number of hydrogen-bond donors (Lipinski definition) is 1. The Bertz CT molecular complexity index is 540. The van der Waals surface area contributed by atoms with Crippen LogP contribution in [0.2, 0.25) is 0 Å². The number of benzene rings is 2. The van der Waals surface area contributed by atoms with E-state index in [9.17, 15) is 4.39 Å². The smallest absolute Gasteiger partial charge is 0.123 e. The second kappa shape index (κ2) is 6.01. The highest BCUT2D eigenvalue weighted by Gasteiger charge is 2.03. The summed E-state index contributed by atoms with van der Waals surface area (Å²) in [6.07, 6.45) is 0.980. The maximum absolute atomic E-state index is 13.2. The Labute approximate surface area is 115 Å². The van der Waals surface area contributed by atoms with Crippen molar-refractivity contribution in [2.24, 2.45) is 0 Å². The van der Waals surface area contributed by atoms with Gasteiger partial charge < -0.3 is 5.32 Å². The summed E-state index contributed by atoms with van der Waals surface area (Å²) in [5.41, 5.74) is 3.29. The lowest BCUT2D eigenvalue weighted by Gasteiger charge is -2.12. The molecule has 2 aromatic rings. The molecule has 0 aliphatic heterocycles. The van der Waals surface area contributed by atoms with Crippen LogP contribution in [-0.4, -0.2) is 0 Å². The third-order valence-corrected chi connectivity index (χ3v) is 3.65. The Morgan fingerprint density at radius 2 is 1.89 bits per heavy atom. The van der Waals surface area contributed by atoms with Crippen molar-refractivity contribution < 1.29 is 4.39 Å². The van der Waals surface area contributed by atoms with Crippen LogP contribution in [0, 0.1) is 5.82 Å². The lowest BCUT2D eigenvalue weighted by molar-refractivity contribution is 0.625. The topological polar surface area (TPSA) is 12.0 Å². The van der Waals surface area contributed by atoms with Gasteiger partial charge in [-0.25, -0.2) is 4.39 Å². The molecule has 0 radical (unpaired) electrons. The number of para-hydroxylation sites is 1. The van der Waals surface area contributed by atoms with Crippen LogP contribution >= 0.6 is 15.9 Å². The summed E-state index contributed by atoms with van der Waals surface area (Å²) in [7, 11) is 0. The van der Waals surface area contributed by atoms with Crippen LogP contribution in [-0.2, 0) is 13.0 Å². The second-order valence-electron chi connectivity index (χ2n) is 4.10. The summed E-state index contributed by atoms with van der Waals surface area (Å²) in [6.45, 7) is 2.73. The van der Waals surface area contributed by atoms with Gasteiger partial charge in [-0.3, -0.25) is 0 Å². The molecule has 0 saturated heterocycles. The van der Waals surface area contributed by atoms with E-state index in [0.717, 1.165) is 22.1 Å². The van der Waals surface area contributed by atoms with Gasteiger partial charge in [-0.1, -0.05) is 41.1 Å². The summed E-state index contributed by atoms with van der Waals surface area (Å²) in [5.74, 6) is -0.209. The van der Waals surface area contributed by atoms with Crippen LogP contribution in [0.1, 0.15) is 18.1 Å². The highest BCUT2D eigenvalue weighted by Crippen LogP contribution is 2.21. The van der Waals surface area contributed by atoms with Gasteiger partial charge in [0, 0.05) is 16.7 Å². The maximum atomic E-state index is 13.2. The lowest BCUT2D eigenvalue weighted by atomic mass is 10.1. The van der Waals surface area contributed by atoms with E-state index in [2.05, 4.69) is 34.2 Å². The zero-order valence-corrected chi connectivity index (χ0v) is 11.8. The largest absolute Gasteiger partial charge is 0.381 e. The molecule has 0 spiro atoms. The second-order valence-corrected chi connectivity index (χ2v) is 4.95. The Balaban J connectivity index is 2.14. The fourth-order valence-electron chi connectivity index (χ4n) is 1.87. The first kappa shape index (κ1) is 13.1. The quantitative estimate of drug-likeness (QED) is 0.858. The highest BCUT2D eigenvalue weighted by atomic mass is 79.9. The molecule has 1 nitrogen and oxygen atoms in total. The molecule has 0 heterocycles. The molecule has 0 unspecified atom stereocenters. The fourth-order valence-corrected chi connectivity index (χ4v) is 2.26. The normalized spacial score (nSPS) is 10.4. The molecular weight excluding hydrogens is 293 g/mol. The van der Waals surface area contributed by atoms with Gasteiger partial charge in [-0.05, 0) is 41.8 Å². The average Bonchev–Trinajstić information content (AvgIpc) is 2.40. The van der Waals surface area contributed by atoms with E-state index in [1.54, 1.807) is 12.1 Å². The van der Waals surface area contributed by atoms with E-state index >= 15 is 0 Å². The third-order valence-electron chi connectivity index (χ3n) is 2.88. The Kier molecular flexibility index (Phi) is 4.37. The Morgan fingerprint density at radius 1 is 1.11 bits per heavy atom. The molecule has 0 atom stereocenters. The Hall–Kier alpha value is -1.35. The van der Waals surface area contributed by atoms with Crippen molar-refractivity contribution in [1.82, 2.24) is 0 Å². The summed E-state index contributed by atoms with van der Waals surface area (Å²) in [6, 6.07) is 12.9. The first-order valence-electron chi connectivity index (χ1n) is 5.96. The van der Waals surface area contributed by atoms with E-state index in [-0.39, 0.29) is 5.82 Å². The van der Waals surface area contributed by atoms with Gasteiger partial charge in [0.25, 0.3) is 0 Å². The molecule has 94 valence electrons. The minimum atomic E-state index is -0.209. The van der Waals surface area contributed by atoms with E-state index in [4.69, 9.17) is 0 Å². The first-order valence-corrected chi connectivity index (χ1v) is 6.75. The molecule has 0 bridgehead atoms. The molecule has 0 aromatic heterocycles. The molecule has 0 fully saturated rings. The van der Waals surface area contributed by atoms with Crippen LogP contribution in [0.5, 0.6) is 0 Å². The van der Waals surface area contributed by atoms with Crippen molar-refractivity contribution in [3.8, 4) is 0 Å². The zero-order valence-electron chi connectivity index (χ0n) is 10.2. The minimum absolute atomic E-state index is 0.209. The maximum Gasteiger partial charge on any atom is 0.123 e. The molecular formula is C15H15BrFN. The van der Waals surface area contributed by atoms with E-state index in [1.165, 1.54) is 11.6 Å². The first-order chi connectivity index (χ1) is 8.70. The van der Waals surface area contributed by atoms with Crippen molar-refractivity contribution in [1.29, 1.82) is 0 Å². The number of aryl methyl sites for hydroxylation is 1. The minimum Gasteiger partial charge on any atom is -0.381 e. The molecule has 0 amide bonds. The van der Waals surface area contributed by atoms with Crippen LogP contribution in [0.15, 0.2) is 46.9 Å². The van der Waals surface area contributed by atoms with Crippen molar-refractivity contribution in [3.63, 3.8) is 0 Å². The molecule has 0 aliphatic carbocycles. The number of anilines is 1. The molecule has 0 saturated carbocycles. The number of rotatable bonds is 4. The summed E-state index contributed by atoms with van der Waals surface area (Å²) in [4.78, 5) is 0. The third kappa shape index (κ3) is 3.10. The summed E-state index contributed by atoms with van der Waals surface area (Å²) >= 11 is 3.43. The van der Waals surface area contributed by atoms with Gasteiger partial charge in [-0.2, -0.15) is 0 Å². The van der Waals surface area contributed by atoms with E-state index in [0.29, 0.717) is 6.54 Å². The fraction of sp³-hybridized carbons (Fsp3) is 0.200. The molecule has 3 heteroatoms. The van der Waals surface area contributed by atoms with Gasteiger partial charge in [0.05, 0.1) is 0 Å². The lowest BCUT2D eigenvalue weighted by Crippen LogP contribution is -2.03. The van der Waals surface area contributed by atoms with Crippen molar-refractivity contribution >= 4 is 21.6 Å². The van der Waals surface area contributed by atoms with Gasteiger partial charge in [0.1, 0.15) is 5.82 Å². The van der Waals surface area contributed by atoms with Crippen LogP contribution in [0.4, 0.5) is 10.1 Å². The van der Waals surface area contributed by atoms with E-state index in [1.807, 2.05) is 18.2 Å². The average molecular weight is 308 g/mol. The predicted molar refractivity (Wildman–Crippen MR) is 77.2 cm³/mol. The predicted octanol–water partition coefficient (Wildman–Crippen LogP) is 4.76. The zero-order chi connectivity index (χ0) is 13.0. The number of halogens is 2.